The van der Waals surface area contributed by atoms with E-state index in [1.807, 2.05) is 30.3 Å². The molecule has 1 N–H and O–H groups in total. The van der Waals surface area contributed by atoms with Crippen molar-refractivity contribution in [2.24, 2.45) is 0 Å². The van der Waals surface area contributed by atoms with Crippen LogP contribution in [0.3, 0.4) is 0 Å². The van der Waals surface area contributed by atoms with Crippen LogP contribution in [0.2, 0.25) is 0 Å². The number of benzene rings is 6. The van der Waals surface area contributed by atoms with Crippen molar-refractivity contribution in [1.82, 2.24) is 0 Å². The quantitative estimate of drug-likeness (QED) is 0.0917. The zero-order valence-electron chi connectivity index (χ0n) is 32.3. The molecule has 0 spiro atoms. The van der Waals surface area contributed by atoms with Gasteiger partial charge in [0.15, 0.2) is 0 Å². The van der Waals surface area contributed by atoms with E-state index >= 15 is 0 Å². The van der Waals surface area contributed by atoms with Gasteiger partial charge >= 0.3 is 88.7 Å². The summed E-state index contributed by atoms with van der Waals surface area (Å²) in [5.74, 6) is 1.63. The summed E-state index contributed by atoms with van der Waals surface area (Å²) < 4.78 is 99.6. The van der Waals surface area contributed by atoms with Crippen molar-refractivity contribution in [2.75, 3.05) is 0 Å². The zero-order chi connectivity index (χ0) is 38.5. The van der Waals surface area contributed by atoms with Crippen molar-refractivity contribution in [2.45, 2.75) is 85.7 Å². The molecule has 2 fully saturated rings. The molecular weight excluding hydrogens is 869 g/mol. The van der Waals surface area contributed by atoms with Crippen LogP contribution in [0.4, 0.5) is 0 Å². The van der Waals surface area contributed by atoms with E-state index < -0.39 is 29.3 Å². The maximum Gasteiger partial charge on any atom is 1.00 e. The maximum absolute atomic E-state index is 11.3. The first-order valence-corrected chi connectivity index (χ1v) is 22.4. The molecule has 0 radical (unpaired) electrons. The number of ether oxygens (including phenoxy) is 2. The van der Waals surface area contributed by atoms with E-state index in [2.05, 4.69) is 6.07 Å². The second-order valence-electron chi connectivity index (χ2n) is 13.2. The van der Waals surface area contributed by atoms with Crippen LogP contribution >= 0.6 is 10.7 Å². The van der Waals surface area contributed by atoms with Gasteiger partial charge in [-0.2, -0.15) is 24.3 Å². The summed E-state index contributed by atoms with van der Waals surface area (Å²) in [6.45, 7) is 0. The van der Waals surface area contributed by atoms with Crippen molar-refractivity contribution in [3.63, 3.8) is 0 Å². The second-order valence-corrected chi connectivity index (χ2v) is 18.5. The molecule has 59 heavy (non-hydrogen) atoms. The summed E-state index contributed by atoms with van der Waals surface area (Å²) >= 11 is 0. The van der Waals surface area contributed by atoms with Crippen LogP contribution in [-0.2, 0) is 29.3 Å². The van der Waals surface area contributed by atoms with Crippen LogP contribution < -0.4 is 98.1 Å². The maximum atomic E-state index is 11.3. The minimum absolute atomic E-state index is 0. The average molecular weight is 910 g/mol. The van der Waals surface area contributed by atoms with Crippen molar-refractivity contribution in [3.8, 4) is 11.5 Å². The number of fused-ring (bicyclic) bond motifs is 3. The zero-order valence-corrected chi connectivity index (χ0v) is 41.5. The predicted octanol–water partition coefficient (Wildman–Crippen LogP) is 0.169. The first-order chi connectivity index (χ1) is 25.6. The van der Waals surface area contributed by atoms with Gasteiger partial charge in [0.2, 0.25) is 0 Å². The molecule has 2 saturated carbocycles. The Morgan fingerprint density at radius 1 is 0.508 bits per heavy atom. The van der Waals surface area contributed by atoms with E-state index in [0.717, 1.165) is 69.5 Å². The largest absolute Gasteiger partial charge is 1.00 e. The predicted molar refractivity (Wildman–Crippen MR) is 214 cm³/mol. The smallest absolute Gasteiger partial charge is 0.870 e. The topological polar surface area (TPSA) is 197 Å². The molecule has 0 amide bonds. The number of rotatable bonds is 7. The van der Waals surface area contributed by atoms with Gasteiger partial charge in [-0.3, -0.25) is 0 Å². The molecule has 18 heteroatoms. The number of halogens is 1. The van der Waals surface area contributed by atoms with E-state index in [1.165, 1.54) is 56.0 Å². The Bertz CT molecular complexity index is 2510. The van der Waals surface area contributed by atoms with Crippen LogP contribution in [0.1, 0.15) is 58.8 Å². The standard InChI is InChI=1S/C15H15ClO3S.C15H16O4S.C10H7O3S.CH4.3Na.H2O/c2*16-20(17,18)15-8-6-11-9-14(7-5-12(11)10-15)19-13-3-1-2-4-13;11-14(12,13)10-6-5-8-3-1-2-4-9(8)7-10;;;;;/h5-10,13H,1-4H2;5-10,13H,1-4H2,(H,16,17,18);2-7H,(H,11,12,13);1H4;;;;1H2/q;;-1;;3*+1;/p-3. The molecule has 2 aliphatic carbocycles. The normalized spacial score (nSPS) is 14.1. The molecule has 0 bridgehead atoms. The third-order valence-electron chi connectivity index (χ3n) is 9.29. The van der Waals surface area contributed by atoms with Crippen LogP contribution in [-0.4, -0.2) is 52.0 Å². The molecule has 2 aliphatic rings. The Kier molecular flexibility index (Phi) is 23.2. The summed E-state index contributed by atoms with van der Waals surface area (Å²) in [7, 11) is -7.09. The van der Waals surface area contributed by atoms with Gasteiger partial charge in [0, 0.05) is 10.7 Å². The van der Waals surface area contributed by atoms with Gasteiger partial charge in [0.05, 0.1) is 26.9 Å². The molecule has 0 unspecified atom stereocenters. The van der Waals surface area contributed by atoms with Gasteiger partial charge in [-0.1, -0.05) is 43.8 Å². The Labute approximate surface area is 417 Å². The molecule has 8 rings (SSSR count). The molecule has 11 nitrogen and oxygen atoms in total. The molecular formula is C41H41ClNa3O11S3-. The monoisotopic (exact) mass is 909 g/mol. The Balaban J connectivity index is 0.000000431. The Morgan fingerprint density at radius 2 is 0.847 bits per heavy atom. The molecule has 0 aliphatic heterocycles. The number of hydrogen-bond acceptors (Lipinski definition) is 11. The van der Waals surface area contributed by atoms with Gasteiger partial charge < -0.3 is 24.1 Å². The Hall–Kier alpha value is -1.28. The second kappa shape index (κ2) is 24.5. The fourth-order valence-corrected chi connectivity index (χ4v) is 8.31. The molecule has 6 aromatic rings. The summed E-state index contributed by atoms with van der Waals surface area (Å²) in [6.07, 6.45) is 9.89. The molecule has 0 heterocycles. The minimum atomic E-state index is -4.40. The van der Waals surface area contributed by atoms with Gasteiger partial charge in [-0.05, 0) is 121 Å². The van der Waals surface area contributed by atoms with Gasteiger partial charge in [0.1, 0.15) is 31.7 Å². The van der Waals surface area contributed by atoms with E-state index in [-0.39, 0.29) is 122 Å². The van der Waals surface area contributed by atoms with Crippen LogP contribution in [0.15, 0.2) is 124 Å². The van der Waals surface area contributed by atoms with Crippen molar-refractivity contribution in [3.05, 3.63) is 115 Å². The van der Waals surface area contributed by atoms with Crippen LogP contribution in [0.5, 0.6) is 11.5 Å². The summed E-state index contributed by atoms with van der Waals surface area (Å²) in [5.41, 5.74) is 0. The van der Waals surface area contributed by atoms with Crippen LogP contribution in [0, 0.1) is 6.07 Å². The average Bonchev–Trinajstić information content (AvgIpc) is 3.85. The van der Waals surface area contributed by atoms with E-state index in [0.29, 0.717) is 6.10 Å². The minimum Gasteiger partial charge on any atom is -0.870 e. The van der Waals surface area contributed by atoms with E-state index in [1.54, 1.807) is 48.5 Å². The van der Waals surface area contributed by atoms with Crippen molar-refractivity contribution < 1.29 is 138 Å². The van der Waals surface area contributed by atoms with E-state index in [9.17, 15) is 34.4 Å². The van der Waals surface area contributed by atoms with Gasteiger partial charge in [0.25, 0.3) is 9.05 Å². The Morgan fingerprint density at radius 3 is 1.25 bits per heavy atom. The summed E-state index contributed by atoms with van der Waals surface area (Å²) in [5, 5.41) is 4.96. The van der Waals surface area contributed by atoms with Crippen molar-refractivity contribution in [1.29, 1.82) is 0 Å². The summed E-state index contributed by atoms with van der Waals surface area (Å²) in [6, 6.07) is 32.7. The van der Waals surface area contributed by atoms with E-state index in [4.69, 9.17) is 20.2 Å². The van der Waals surface area contributed by atoms with Gasteiger partial charge in [-0.15, -0.1) is 16.8 Å². The fraction of sp³-hybridized carbons (Fsp3) is 0.268. The summed E-state index contributed by atoms with van der Waals surface area (Å²) in [4.78, 5) is -0.276. The molecule has 0 saturated heterocycles. The third-order valence-corrected chi connectivity index (χ3v) is 12.3. The third kappa shape index (κ3) is 16.1. The molecule has 300 valence electrons. The number of hydrogen-bond donors (Lipinski definition) is 0. The SMILES string of the molecule is C.O=S(=O)(Cl)c1ccc2cc(OC3CCCC3)ccc2c1.O=S(=O)([O-])c1ccc2c[c-]ccc2c1.O=S(=O)([O-])c1ccc2cc(OC3CCCC3)ccc2c1.[Na+].[Na+].[Na+].[OH-]. The molecule has 0 atom stereocenters. The first kappa shape index (κ1) is 55.7. The van der Waals surface area contributed by atoms with Gasteiger partial charge in [-0.25, -0.2) is 25.3 Å². The van der Waals surface area contributed by atoms with Crippen LogP contribution in [0.25, 0.3) is 32.3 Å². The van der Waals surface area contributed by atoms with Crippen molar-refractivity contribution >= 4 is 72.3 Å². The molecule has 0 aromatic heterocycles. The fourth-order valence-electron chi connectivity index (χ4n) is 6.51. The first-order valence-electron chi connectivity index (χ1n) is 17.3. The molecule has 6 aromatic carbocycles.